The Morgan fingerprint density at radius 3 is 2.90 bits per heavy atom. The second-order valence-corrected chi connectivity index (χ2v) is 1.93. The van der Waals surface area contributed by atoms with Crippen LogP contribution in [-0.2, 0) is 9.53 Å². The fourth-order valence-electron chi connectivity index (χ4n) is 0.415. The van der Waals surface area contributed by atoms with Crippen LogP contribution in [-0.4, -0.2) is 18.6 Å². The van der Waals surface area contributed by atoms with Crippen molar-refractivity contribution in [3.63, 3.8) is 0 Å². The summed E-state index contributed by atoms with van der Waals surface area (Å²) in [6.45, 7) is 5.48. The van der Waals surface area contributed by atoms with Gasteiger partial charge in [0, 0.05) is 0 Å². The highest BCUT2D eigenvalue weighted by molar-refractivity contribution is 5.75. The second kappa shape index (κ2) is 4.99. The number of hydrogen-bond acceptors (Lipinski definition) is 3. The van der Waals surface area contributed by atoms with Crippen LogP contribution in [0.5, 0.6) is 0 Å². The molecule has 0 aliphatic heterocycles. The zero-order valence-electron chi connectivity index (χ0n) is 6.17. The monoisotopic (exact) mass is 143 g/mol. The Bertz CT molecular complexity index is 123. The third-order valence-electron chi connectivity index (χ3n) is 1.09. The molecule has 0 rings (SSSR count). The Hall–Kier alpha value is -0.830. The fourth-order valence-corrected chi connectivity index (χ4v) is 0.415. The van der Waals surface area contributed by atoms with Gasteiger partial charge in [-0.2, -0.15) is 0 Å². The molecule has 1 unspecified atom stereocenters. The maximum atomic E-state index is 10.7. The van der Waals surface area contributed by atoms with Gasteiger partial charge in [-0.1, -0.05) is 19.6 Å². The van der Waals surface area contributed by atoms with Gasteiger partial charge in [0.05, 0.1) is 0 Å². The summed E-state index contributed by atoms with van der Waals surface area (Å²) in [7, 11) is 0. The number of esters is 1. The van der Waals surface area contributed by atoms with Crippen LogP contribution in [0, 0.1) is 0 Å². The highest BCUT2D eigenvalue weighted by Gasteiger charge is 2.10. The summed E-state index contributed by atoms with van der Waals surface area (Å²) in [5.74, 6) is -0.359. The van der Waals surface area contributed by atoms with Crippen LogP contribution in [0.2, 0.25) is 0 Å². The molecule has 1 atom stereocenters. The fraction of sp³-hybridized carbons (Fsp3) is 0.571. The molecule has 0 fully saturated rings. The molecule has 0 aromatic carbocycles. The van der Waals surface area contributed by atoms with E-state index in [1.54, 1.807) is 0 Å². The van der Waals surface area contributed by atoms with Gasteiger partial charge < -0.3 is 10.5 Å². The Labute approximate surface area is 60.9 Å². The molecule has 0 bridgehead atoms. The van der Waals surface area contributed by atoms with E-state index in [0.717, 1.165) is 0 Å². The maximum absolute atomic E-state index is 10.7. The van der Waals surface area contributed by atoms with E-state index < -0.39 is 6.04 Å². The summed E-state index contributed by atoms with van der Waals surface area (Å²) < 4.78 is 4.66. The van der Waals surface area contributed by atoms with E-state index in [0.29, 0.717) is 6.42 Å². The van der Waals surface area contributed by atoms with E-state index in [4.69, 9.17) is 5.73 Å². The van der Waals surface area contributed by atoms with Gasteiger partial charge in [0.1, 0.15) is 12.6 Å². The highest BCUT2D eigenvalue weighted by Crippen LogP contribution is 1.89. The van der Waals surface area contributed by atoms with Crippen LogP contribution in [0.3, 0.4) is 0 Å². The van der Waals surface area contributed by atoms with Gasteiger partial charge in [-0.3, -0.25) is 4.79 Å². The van der Waals surface area contributed by atoms with Gasteiger partial charge in [0.2, 0.25) is 0 Å². The molecule has 3 nitrogen and oxygen atoms in total. The minimum absolute atomic E-state index is 0.243. The van der Waals surface area contributed by atoms with E-state index in [9.17, 15) is 4.79 Å². The first-order valence-corrected chi connectivity index (χ1v) is 3.25. The smallest absolute Gasteiger partial charge is 0.323 e. The molecule has 0 aromatic rings. The van der Waals surface area contributed by atoms with Gasteiger partial charge in [-0.05, 0) is 6.42 Å². The molecule has 10 heavy (non-hydrogen) atoms. The third-order valence-corrected chi connectivity index (χ3v) is 1.09. The lowest BCUT2D eigenvalue weighted by atomic mass is 10.2. The topological polar surface area (TPSA) is 52.3 Å². The Morgan fingerprint density at radius 2 is 2.50 bits per heavy atom. The normalized spacial score (nSPS) is 12.2. The van der Waals surface area contributed by atoms with Crippen molar-refractivity contribution in [2.45, 2.75) is 19.4 Å². The molecule has 2 N–H and O–H groups in total. The highest BCUT2D eigenvalue weighted by atomic mass is 16.5. The lowest BCUT2D eigenvalue weighted by molar-refractivity contribution is -0.144. The van der Waals surface area contributed by atoms with Gasteiger partial charge in [0.15, 0.2) is 0 Å². The molecular formula is C7H13NO2. The van der Waals surface area contributed by atoms with Crippen LogP contribution in [0.25, 0.3) is 0 Å². The predicted molar refractivity (Wildman–Crippen MR) is 39.4 cm³/mol. The molecule has 0 amide bonds. The molecule has 0 aliphatic carbocycles. The standard InChI is InChI=1S/C7H13NO2/c1-3-5-10-7(9)6(8)4-2/h3,6H,1,4-5,8H2,2H3. The molecule has 0 radical (unpaired) electrons. The first kappa shape index (κ1) is 9.17. The number of ether oxygens (including phenoxy) is 1. The Morgan fingerprint density at radius 1 is 1.90 bits per heavy atom. The molecule has 3 heteroatoms. The summed E-state index contributed by atoms with van der Waals surface area (Å²) in [5, 5.41) is 0. The average Bonchev–Trinajstić information content (AvgIpc) is 1.98. The van der Waals surface area contributed by atoms with Gasteiger partial charge in [0.25, 0.3) is 0 Å². The second-order valence-electron chi connectivity index (χ2n) is 1.93. The van der Waals surface area contributed by atoms with E-state index >= 15 is 0 Å². The van der Waals surface area contributed by atoms with Crippen LogP contribution < -0.4 is 5.73 Å². The van der Waals surface area contributed by atoms with Crippen LogP contribution in [0.4, 0.5) is 0 Å². The summed E-state index contributed by atoms with van der Waals surface area (Å²) >= 11 is 0. The first-order valence-electron chi connectivity index (χ1n) is 3.25. The molecule has 0 saturated heterocycles. The molecule has 0 aromatic heterocycles. The van der Waals surface area contributed by atoms with Crippen molar-refractivity contribution < 1.29 is 9.53 Å². The minimum atomic E-state index is -0.486. The molecular weight excluding hydrogens is 130 g/mol. The predicted octanol–water partition coefficient (Wildman–Crippen LogP) is 0.453. The van der Waals surface area contributed by atoms with Crippen LogP contribution >= 0.6 is 0 Å². The third kappa shape index (κ3) is 3.25. The van der Waals surface area contributed by atoms with E-state index in [1.165, 1.54) is 6.08 Å². The molecule has 0 saturated carbocycles. The number of carbonyl (C=O) groups excluding carboxylic acids is 1. The molecule has 0 heterocycles. The van der Waals surface area contributed by atoms with Crippen molar-refractivity contribution in [1.29, 1.82) is 0 Å². The average molecular weight is 143 g/mol. The quantitative estimate of drug-likeness (QED) is 0.459. The number of rotatable bonds is 4. The largest absolute Gasteiger partial charge is 0.460 e. The van der Waals surface area contributed by atoms with E-state index in [1.807, 2.05) is 6.92 Å². The van der Waals surface area contributed by atoms with Crippen molar-refractivity contribution >= 4 is 5.97 Å². The number of carbonyl (C=O) groups is 1. The zero-order valence-corrected chi connectivity index (χ0v) is 6.17. The van der Waals surface area contributed by atoms with Crippen LogP contribution in [0.1, 0.15) is 13.3 Å². The van der Waals surface area contributed by atoms with Gasteiger partial charge in [-0.15, -0.1) is 0 Å². The summed E-state index contributed by atoms with van der Waals surface area (Å²) in [4.78, 5) is 10.7. The summed E-state index contributed by atoms with van der Waals surface area (Å²) in [6, 6.07) is -0.486. The number of nitrogens with two attached hydrogens (primary N) is 1. The van der Waals surface area contributed by atoms with Crippen LogP contribution in [0.15, 0.2) is 12.7 Å². The van der Waals surface area contributed by atoms with E-state index in [-0.39, 0.29) is 12.6 Å². The van der Waals surface area contributed by atoms with Crippen molar-refractivity contribution in [2.24, 2.45) is 5.73 Å². The maximum Gasteiger partial charge on any atom is 0.323 e. The van der Waals surface area contributed by atoms with Crippen molar-refractivity contribution in [3.05, 3.63) is 12.7 Å². The SMILES string of the molecule is C=CCOC(=O)C(N)CC. The summed E-state index contributed by atoms with van der Waals surface area (Å²) in [6.07, 6.45) is 2.12. The molecule has 58 valence electrons. The molecule has 0 aliphatic rings. The Kier molecular flexibility index (Phi) is 4.58. The summed E-state index contributed by atoms with van der Waals surface area (Å²) in [5.41, 5.74) is 5.35. The zero-order chi connectivity index (χ0) is 7.98. The minimum Gasteiger partial charge on any atom is -0.460 e. The van der Waals surface area contributed by atoms with Gasteiger partial charge in [-0.25, -0.2) is 0 Å². The molecule has 0 spiro atoms. The lowest BCUT2D eigenvalue weighted by Crippen LogP contribution is -2.31. The van der Waals surface area contributed by atoms with E-state index in [2.05, 4.69) is 11.3 Å². The van der Waals surface area contributed by atoms with Gasteiger partial charge >= 0.3 is 5.97 Å². The van der Waals surface area contributed by atoms with Crippen molar-refractivity contribution in [3.8, 4) is 0 Å². The van der Waals surface area contributed by atoms with Crippen molar-refractivity contribution in [2.75, 3.05) is 6.61 Å². The van der Waals surface area contributed by atoms with Crippen molar-refractivity contribution in [1.82, 2.24) is 0 Å². The number of hydrogen-bond donors (Lipinski definition) is 1. The lowest BCUT2D eigenvalue weighted by Gasteiger charge is -2.06. The first-order chi connectivity index (χ1) is 4.72. The Balaban J connectivity index is 3.51.